The number of methoxy groups -OCH3 is 2. The second kappa shape index (κ2) is 9.55. The molecule has 1 aliphatic rings. The highest BCUT2D eigenvalue weighted by molar-refractivity contribution is 5.92. The van der Waals surface area contributed by atoms with Gasteiger partial charge in [-0.15, -0.1) is 0 Å². The lowest BCUT2D eigenvalue weighted by Crippen LogP contribution is -2.25. The predicted molar refractivity (Wildman–Crippen MR) is 124 cm³/mol. The SMILES string of the molecule is COCC1(COc2cc3c(N[C@H](C)c4cccc(C(F)(F)F)c4F)nc(C)nc3cc2OC)CC1(F)F. The molecule has 3 aromatic rings. The number of aromatic nitrogens is 2. The van der Waals surface area contributed by atoms with Crippen molar-refractivity contribution in [3.05, 3.63) is 53.1 Å². The van der Waals surface area contributed by atoms with Gasteiger partial charge < -0.3 is 19.5 Å². The molecule has 0 aliphatic heterocycles. The highest BCUT2D eigenvalue weighted by atomic mass is 19.4. The van der Waals surface area contributed by atoms with Crippen molar-refractivity contribution >= 4 is 16.7 Å². The average molecular weight is 529 g/mol. The number of nitrogens with zero attached hydrogens (tertiary/aromatic N) is 2. The number of aryl methyl sites for hydroxylation is 1. The van der Waals surface area contributed by atoms with Crippen LogP contribution in [0.25, 0.3) is 10.9 Å². The molecule has 0 amide bonds. The molecule has 200 valence electrons. The minimum atomic E-state index is -4.85. The van der Waals surface area contributed by atoms with Crippen LogP contribution in [0.4, 0.5) is 32.2 Å². The van der Waals surface area contributed by atoms with Gasteiger partial charge in [0, 0.05) is 30.5 Å². The van der Waals surface area contributed by atoms with E-state index < -0.39 is 34.9 Å². The van der Waals surface area contributed by atoms with Crippen molar-refractivity contribution in [1.29, 1.82) is 0 Å². The molecule has 1 aromatic heterocycles. The number of nitrogens with one attached hydrogen (secondary N) is 1. The van der Waals surface area contributed by atoms with Crippen LogP contribution < -0.4 is 14.8 Å². The first kappa shape index (κ1) is 26.8. The third kappa shape index (κ3) is 5.11. The number of hydrogen-bond acceptors (Lipinski definition) is 6. The van der Waals surface area contributed by atoms with E-state index in [9.17, 15) is 26.3 Å². The van der Waals surface area contributed by atoms with Crippen molar-refractivity contribution in [2.45, 2.75) is 38.4 Å². The molecule has 1 saturated carbocycles. The van der Waals surface area contributed by atoms with E-state index in [0.717, 1.165) is 6.07 Å². The number of alkyl halides is 5. The van der Waals surface area contributed by atoms with Gasteiger partial charge in [0.2, 0.25) is 0 Å². The van der Waals surface area contributed by atoms with Gasteiger partial charge in [0.25, 0.3) is 5.92 Å². The number of benzene rings is 2. The van der Waals surface area contributed by atoms with Crippen molar-refractivity contribution in [3.63, 3.8) is 0 Å². The zero-order valence-electron chi connectivity index (χ0n) is 20.5. The molecule has 0 spiro atoms. The normalized spacial score (nSPS) is 19.5. The lowest BCUT2D eigenvalue weighted by atomic mass is 10.0. The Bertz CT molecular complexity index is 1320. The van der Waals surface area contributed by atoms with Crippen LogP contribution in [0.1, 0.15) is 36.3 Å². The van der Waals surface area contributed by atoms with Gasteiger partial charge in [-0.05, 0) is 26.0 Å². The maximum Gasteiger partial charge on any atom is 0.419 e. The molecule has 0 radical (unpaired) electrons. The monoisotopic (exact) mass is 529 g/mol. The Kier molecular flexibility index (Phi) is 6.91. The molecule has 4 rings (SSSR count). The molecule has 2 aromatic carbocycles. The van der Waals surface area contributed by atoms with E-state index in [1.54, 1.807) is 6.92 Å². The van der Waals surface area contributed by atoms with Crippen molar-refractivity contribution < 1.29 is 40.6 Å². The lowest BCUT2D eigenvalue weighted by Gasteiger charge is -2.21. The van der Waals surface area contributed by atoms with Gasteiger partial charge in [-0.3, -0.25) is 0 Å². The molecule has 1 unspecified atom stereocenters. The van der Waals surface area contributed by atoms with Gasteiger partial charge >= 0.3 is 6.18 Å². The van der Waals surface area contributed by atoms with Crippen molar-refractivity contribution in [2.24, 2.45) is 5.41 Å². The Morgan fingerprint density at radius 3 is 2.38 bits per heavy atom. The standard InChI is InChI=1S/C25H25F6N3O3/c1-13(15-6-5-7-17(21(15)26)25(29,30)31)32-22-16-8-20(19(36-4)9-18(16)33-14(2)34-22)37-12-23(11-35-3)10-24(23,27)28/h5-9,13H,10-12H2,1-4H3,(H,32,33,34)/t13-,23?/m1/s1. The summed E-state index contributed by atoms with van der Waals surface area (Å²) in [4.78, 5) is 8.69. The summed E-state index contributed by atoms with van der Waals surface area (Å²) in [5.41, 5.74) is -2.63. The molecule has 12 heteroatoms. The molecule has 2 atom stereocenters. The van der Waals surface area contributed by atoms with E-state index in [4.69, 9.17) is 14.2 Å². The van der Waals surface area contributed by atoms with Crippen LogP contribution in [0.3, 0.4) is 0 Å². The maximum atomic E-state index is 14.7. The average Bonchev–Trinajstić information content (AvgIpc) is 3.36. The van der Waals surface area contributed by atoms with Crippen LogP contribution in [0.2, 0.25) is 0 Å². The van der Waals surface area contributed by atoms with Crippen LogP contribution in [0.15, 0.2) is 30.3 Å². The van der Waals surface area contributed by atoms with Crippen LogP contribution in [0.5, 0.6) is 11.5 Å². The van der Waals surface area contributed by atoms with Crippen molar-refractivity contribution in [1.82, 2.24) is 9.97 Å². The smallest absolute Gasteiger partial charge is 0.419 e. The van der Waals surface area contributed by atoms with E-state index in [0.29, 0.717) is 22.8 Å². The number of hydrogen-bond donors (Lipinski definition) is 1. The summed E-state index contributed by atoms with van der Waals surface area (Å²) in [5, 5.41) is 3.33. The van der Waals surface area contributed by atoms with E-state index in [2.05, 4.69) is 15.3 Å². The van der Waals surface area contributed by atoms with Crippen LogP contribution in [-0.4, -0.2) is 43.3 Å². The van der Waals surface area contributed by atoms with Gasteiger partial charge in [-0.2, -0.15) is 13.2 Å². The fourth-order valence-electron chi connectivity index (χ4n) is 4.25. The van der Waals surface area contributed by atoms with E-state index >= 15 is 0 Å². The van der Waals surface area contributed by atoms with Gasteiger partial charge in [0.1, 0.15) is 24.1 Å². The number of fused-ring (bicyclic) bond motifs is 1. The Morgan fingerprint density at radius 2 is 1.78 bits per heavy atom. The Morgan fingerprint density at radius 1 is 1.08 bits per heavy atom. The zero-order valence-corrected chi connectivity index (χ0v) is 20.5. The molecule has 1 heterocycles. The summed E-state index contributed by atoms with van der Waals surface area (Å²) in [6.45, 7) is 2.58. The number of halogens is 6. The second-order valence-electron chi connectivity index (χ2n) is 9.10. The summed E-state index contributed by atoms with van der Waals surface area (Å²) in [7, 11) is 2.72. The van der Waals surface area contributed by atoms with E-state index in [1.165, 1.54) is 39.3 Å². The molecule has 0 bridgehead atoms. The van der Waals surface area contributed by atoms with Crippen LogP contribution in [0, 0.1) is 18.2 Å². The molecular weight excluding hydrogens is 504 g/mol. The van der Waals surface area contributed by atoms with Crippen molar-refractivity contribution in [2.75, 3.05) is 32.8 Å². The third-order valence-electron chi connectivity index (χ3n) is 6.38. The summed E-state index contributed by atoms with van der Waals surface area (Å²) in [6.07, 6.45) is -5.22. The summed E-state index contributed by atoms with van der Waals surface area (Å²) < 4.78 is 98.4. The summed E-state index contributed by atoms with van der Waals surface area (Å²) in [5.74, 6) is -3.40. The minimum Gasteiger partial charge on any atom is -0.493 e. The van der Waals surface area contributed by atoms with Gasteiger partial charge in [0.05, 0.1) is 36.3 Å². The second-order valence-corrected chi connectivity index (χ2v) is 9.10. The predicted octanol–water partition coefficient (Wildman–Crippen LogP) is 6.33. The number of rotatable bonds is 9. The van der Waals surface area contributed by atoms with Gasteiger partial charge in [-0.25, -0.2) is 23.1 Å². The quantitative estimate of drug-likeness (QED) is 0.327. The number of ether oxygens (including phenoxy) is 3. The van der Waals surface area contributed by atoms with E-state index in [-0.39, 0.29) is 42.5 Å². The first-order valence-electron chi connectivity index (χ1n) is 11.3. The van der Waals surface area contributed by atoms with Crippen LogP contribution in [-0.2, 0) is 10.9 Å². The van der Waals surface area contributed by atoms with Gasteiger partial charge in [0.15, 0.2) is 11.5 Å². The molecule has 6 nitrogen and oxygen atoms in total. The summed E-state index contributed by atoms with van der Waals surface area (Å²) in [6, 6.07) is 5.16. The largest absolute Gasteiger partial charge is 0.493 e. The molecule has 1 aliphatic carbocycles. The summed E-state index contributed by atoms with van der Waals surface area (Å²) >= 11 is 0. The highest BCUT2D eigenvalue weighted by Gasteiger charge is 2.71. The molecule has 0 saturated heterocycles. The zero-order chi connectivity index (χ0) is 27.2. The van der Waals surface area contributed by atoms with E-state index in [1.807, 2.05) is 0 Å². The molecular formula is C25H25F6N3O3. The Labute approximate surface area is 209 Å². The lowest BCUT2D eigenvalue weighted by molar-refractivity contribution is -0.140. The fraction of sp³-hybridized carbons (Fsp3) is 0.440. The van der Waals surface area contributed by atoms with Crippen molar-refractivity contribution in [3.8, 4) is 11.5 Å². The molecule has 1 N–H and O–H groups in total. The van der Waals surface area contributed by atoms with Crippen LogP contribution >= 0.6 is 0 Å². The highest BCUT2D eigenvalue weighted by Crippen LogP contribution is 2.60. The Balaban J connectivity index is 1.69. The first-order chi connectivity index (χ1) is 17.3. The Hall–Kier alpha value is -3.28. The first-order valence-corrected chi connectivity index (χ1v) is 11.3. The number of anilines is 1. The maximum absolute atomic E-state index is 14.7. The minimum absolute atomic E-state index is 0.140. The third-order valence-corrected chi connectivity index (χ3v) is 6.38. The fourth-order valence-corrected chi connectivity index (χ4v) is 4.25. The molecule has 1 fully saturated rings. The van der Waals surface area contributed by atoms with Gasteiger partial charge in [-0.1, -0.05) is 12.1 Å². The topological polar surface area (TPSA) is 65.5 Å². The molecule has 37 heavy (non-hydrogen) atoms.